The summed E-state index contributed by atoms with van der Waals surface area (Å²) < 4.78 is 5.01. The van der Waals surface area contributed by atoms with Crippen molar-refractivity contribution < 1.29 is 24.4 Å². The zero-order valence-electron chi connectivity index (χ0n) is 15.3. The van der Waals surface area contributed by atoms with E-state index in [0.29, 0.717) is 24.2 Å². The lowest BCUT2D eigenvalue weighted by Crippen LogP contribution is -2.14. The number of hydrogen-bond acceptors (Lipinski definition) is 6. The average molecular weight is 387 g/mol. The van der Waals surface area contributed by atoms with Gasteiger partial charge in [0, 0.05) is 43.6 Å². The number of rotatable bonds is 10. The van der Waals surface area contributed by atoms with Gasteiger partial charge in [0.2, 0.25) is 5.91 Å². The number of anilines is 2. The molecule has 28 heavy (non-hydrogen) atoms. The minimum atomic E-state index is -1.08. The number of carboxylic acid groups (broad SMARTS) is 1. The van der Waals surface area contributed by atoms with Crippen LogP contribution in [0.4, 0.5) is 17.1 Å². The predicted octanol–water partition coefficient (Wildman–Crippen LogP) is 3.27. The number of nitrogens with one attached hydrogen (secondary N) is 2. The smallest absolute Gasteiger partial charge is 0.335 e. The van der Waals surface area contributed by atoms with Crippen LogP contribution < -0.4 is 10.6 Å². The van der Waals surface area contributed by atoms with Crippen molar-refractivity contribution in [3.63, 3.8) is 0 Å². The van der Waals surface area contributed by atoms with E-state index in [9.17, 15) is 19.7 Å². The maximum absolute atomic E-state index is 12.1. The molecule has 9 heteroatoms. The van der Waals surface area contributed by atoms with Gasteiger partial charge in [-0.2, -0.15) is 0 Å². The summed E-state index contributed by atoms with van der Waals surface area (Å²) in [6.45, 7) is 0.748. The van der Waals surface area contributed by atoms with E-state index >= 15 is 0 Å². The highest BCUT2D eigenvalue weighted by Gasteiger charge is 2.10. The van der Waals surface area contributed by atoms with E-state index in [1.807, 2.05) is 0 Å². The van der Waals surface area contributed by atoms with E-state index in [-0.39, 0.29) is 30.2 Å². The molecule has 9 nitrogen and oxygen atoms in total. The van der Waals surface area contributed by atoms with Crippen LogP contribution in [0.3, 0.4) is 0 Å². The zero-order chi connectivity index (χ0) is 20.5. The molecule has 1 amide bonds. The summed E-state index contributed by atoms with van der Waals surface area (Å²) in [5.74, 6) is -1.32. The second-order valence-corrected chi connectivity index (χ2v) is 6.04. The number of nitro benzene ring substituents is 1. The first-order valence-electron chi connectivity index (χ1n) is 8.53. The Balaban J connectivity index is 1.83. The molecule has 0 bridgehead atoms. The van der Waals surface area contributed by atoms with Gasteiger partial charge < -0.3 is 20.5 Å². The van der Waals surface area contributed by atoms with Gasteiger partial charge in [0.25, 0.3) is 5.69 Å². The molecule has 0 aliphatic carbocycles. The number of nitrogens with zero attached hydrogens (tertiary/aromatic N) is 1. The molecule has 0 aliphatic rings. The molecule has 0 aliphatic heterocycles. The third-order valence-corrected chi connectivity index (χ3v) is 3.82. The minimum Gasteiger partial charge on any atom is -0.478 e. The fourth-order valence-electron chi connectivity index (χ4n) is 2.54. The second-order valence-electron chi connectivity index (χ2n) is 6.04. The average Bonchev–Trinajstić information content (AvgIpc) is 2.65. The van der Waals surface area contributed by atoms with Crippen LogP contribution in [0.5, 0.6) is 0 Å². The molecule has 0 unspecified atom stereocenters. The number of benzene rings is 2. The van der Waals surface area contributed by atoms with Crippen LogP contribution in [0.25, 0.3) is 0 Å². The lowest BCUT2D eigenvalue weighted by atomic mass is 10.1. The number of amides is 1. The Morgan fingerprint density at radius 1 is 1.14 bits per heavy atom. The first kappa shape index (κ1) is 20.8. The summed E-state index contributed by atoms with van der Waals surface area (Å²) in [5, 5.41) is 25.6. The standard InChI is InChI=1S/C19H21N3O6/c1-28-12-13-9-14(19(24)25)11-16(10-13)21-18(23)3-2-8-20-15-4-6-17(7-5-15)22(26)27/h4-7,9-11,20H,2-3,8,12H2,1H3,(H,21,23)(H,24,25). The highest BCUT2D eigenvalue weighted by Crippen LogP contribution is 2.17. The molecule has 0 atom stereocenters. The molecule has 0 radical (unpaired) electrons. The summed E-state index contributed by atoms with van der Waals surface area (Å²) in [6.07, 6.45) is 0.767. The van der Waals surface area contributed by atoms with Crippen LogP contribution in [0.2, 0.25) is 0 Å². The van der Waals surface area contributed by atoms with Gasteiger partial charge in [0.05, 0.1) is 17.1 Å². The maximum Gasteiger partial charge on any atom is 0.335 e. The summed E-state index contributed by atoms with van der Waals surface area (Å²) in [4.78, 5) is 33.4. The molecule has 2 aromatic rings. The van der Waals surface area contributed by atoms with Gasteiger partial charge in [-0.15, -0.1) is 0 Å². The van der Waals surface area contributed by atoms with E-state index in [4.69, 9.17) is 9.84 Å². The SMILES string of the molecule is COCc1cc(NC(=O)CCCNc2ccc([N+](=O)[O-])cc2)cc(C(=O)O)c1. The summed E-state index contributed by atoms with van der Waals surface area (Å²) in [6, 6.07) is 10.6. The van der Waals surface area contributed by atoms with Crippen LogP contribution in [0.1, 0.15) is 28.8 Å². The Kier molecular flexibility index (Phi) is 7.46. The molecule has 0 saturated carbocycles. The number of hydrogen-bond donors (Lipinski definition) is 3. The van der Waals surface area contributed by atoms with Gasteiger partial charge in [-0.05, 0) is 42.3 Å². The van der Waals surface area contributed by atoms with Crippen molar-refractivity contribution >= 4 is 28.9 Å². The van der Waals surface area contributed by atoms with Crippen molar-refractivity contribution in [2.45, 2.75) is 19.4 Å². The number of carbonyl (C=O) groups excluding carboxylic acids is 1. The molecular weight excluding hydrogens is 366 g/mol. The van der Waals surface area contributed by atoms with E-state index in [1.54, 1.807) is 18.2 Å². The lowest BCUT2D eigenvalue weighted by molar-refractivity contribution is -0.384. The number of methoxy groups -OCH3 is 1. The monoisotopic (exact) mass is 387 g/mol. The molecule has 0 fully saturated rings. The molecule has 0 saturated heterocycles. The van der Waals surface area contributed by atoms with Crippen LogP contribution in [-0.2, 0) is 16.1 Å². The van der Waals surface area contributed by atoms with Crippen LogP contribution >= 0.6 is 0 Å². The lowest BCUT2D eigenvalue weighted by Gasteiger charge is -2.10. The summed E-state index contributed by atoms with van der Waals surface area (Å²) in [5.41, 5.74) is 1.87. The summed E-state index contributed by atoms with van der Waals surface area (Å²) >= 11 is 0. The Labute approximate surface area is 161 Å². The molecule has 0 spiro atoms. The van der Waals surface area contributed by atoms with Crippen LogP contribution in [0.15, 0.2) is 42.5 Å². The van der Waals surface area contributed by atoms with Crippen LogP contribution in [0, 0.1) is 10.1 Å². The van der Waals surface area contributed by atoms with Crippen molar-refractivity contribution in [1.29, 1.82) is 0 Å². The Hall–Kier alpha value is -3.46. The van der Waals surface area contributed by atoms with Gasteiger partial charge in [0.1, 0.15) is 0 Å². The summed E-state index contributed by atoms with van der Waals surface area (Å²) in [7, 11) is 1.50. The fourth-order valence-corrected chi connectivity index (χ4v) is 2.54. The highest BCUT2D eigenvalue weighted by atomic mass is 16.6. The van der Waals surface area contributed by atoms with Gasteiger partial charge in [-0.1, -0.05) is 0 Å². The Bertz CT molecular complexity index is 851. The van der Waals surface area contributed by atoms with Gasteiger partial charge >= 0.3 is 5.97 Å². The highest BCUT2D eigenvalue weighted by molar-refractivity contribution is 5.94. The topological polar surface area (TPSA) is 131 Å². The normalized spacial score (nSPS) is 10.3. The minimum absolute atomic E-state index is 0.0151. The van der Waals surface area contributed by atoms with E-state index < -0.39 is 10.9 Å². The number of nitro groups is 1. The largest absolute Gasteiger partial charge is 0.478 e. The van der Waals surface area contributed by atoms with Gasteiger partial charge in [-0.3, -0.25) is 14.9 Å². The number of carbonyl (C=O) groups is 2. The Morgan fingerprint density at radius 2 is 1.86 bits per heavy atom. The molecule has 2 aromatic carbocycles. The third-order valence-electron chi connectivity index (χ3n) is 3.82. The zero-order valence-corrected chi connectivity index (χ0v) is 15.3. The molecule has 148 valence electrons. The van der Waals surface area contributed by atoms with Crippen molar-refractivity contribution in [3.05, 3.63) is 63.7 Å². The van der Waals surface area contributed by atoms with Crippen molar-refractivity contribution in [2.24, 2.45) is 0 Å². The van der Waals surface area contributed by atoms with E-state index in [0.717, 1.165) is 5.69 Å². The van der Waals surface area contributed by atoms with E-state index in [1.165, 1.54) is 31.4 Å². The number of ether oxygens (including phenoxy) is 1. The number of carboxylic acids is 1. The quantitative estimate of drug-likeness (QED) is 0.324. The molecular formula is C19H21N3O6. The fraction of sp³-hybridized carbons (Fsp3) is 0.263. The number of aromatic carboxylic acids is 1. The number of non-ortho nitro benzene ring substituents is 1. The molecule has 2 rings (SSSR count). The molecule has 0 heterocycles. The van der Waals surface area contributed by atoms with Crippen LogP contribution in [-0.4, -0.2) is 35.6 Å². The molecule has 0 aromatic heterocycles. The first-order chi connectivity index (χ1) is 13.4. The van der Waals surface area contributed by atoms with Crippen molar-refractivity contribution in [3.8, 4) is 0 Å². The van der Waals surface area contributed by atoms with Gasteiger partial charge in [0.15, 0.2) is 0 Å². The van der Waals surface area contributed by atoms with Crippen molar-refractivity contribution in [1.82, 2.24) is 0 Å². The van der Waals surface area contributed by atoms with Gasteiger partial charge in [-0.25, -0.2) is 4.79 Å². The maximum atomic E-state index is 12.1. The van der Waals surface area contributed by atoms with E-state index in [2.05, 4.69) is 10.6 Å². The van der Waals surface area contributed by atoms with Crippen molar-refractivity contribution in [2.75, 3.05) is 24.3 Å². The second kappa shape index (κ2) is 10.0. The first-order valence-corrected chi connectivity index (χ1v) is 8.53. The Morgan fingerprint density at radius 3 is 2.46 bits per heavy atom. The molecule has 3 N–H and O–H groups in total. The predicted molar refractivity (Wildman–Crippen MR) is 104 cm³/mol. The third kappa shape index (κ3) is 6.36.